The highest BCUT2D eigenvalue weighted by molar-refractivity contribution is 5.79. The van der Waals surface area contributed by atoms with E-state index >= 15 is 0 Å². The summed E-state index contributed by atoms with van der Waals surface area (Å²) in [6.45, 7) is 5.22. The summed E-state index contributed by atoms with van der Waals surface area (Å²) in [6, 6.07) is 13.2. The summed E-state index contributed by atoms with van der Waals surface area (Å²) in [7, 11) is 0. The molecule has 1 N–H and O–H groups in total. The van der Waals surface area contributed by atoms with Crippen LogP contribution < -0.4 is 0 Å². The van der Waals surface area contributed by atoms with Crippen molar-refractivity contribution in [2.45, 2.75) is 37.8 Å². The lowest BCUT2D eigenvalue weighted by Gasteiger charge is -2.35. The van der Waals surface area contributed by atoms with Crippen LogP contribution >= 0.6 is 0 Å². The van der Waals surface area contributed by atoms with Gasteiger partial charge in [0.1, 0.15) is 5.82 Å². The van der Waals surface area contributed by atoms with Crippen LogP contribution in [0.3, 0.4) is 0 Å². The van der Waals surface area contributed by atoms with Crippen molar-refractivity contribution in [2.75, 3.05) is 32.7 Å². The minimum absolute atomic E-state index is 0.300. The second kappa shape index (κ2) is 8.46. The van der Waals surface area contributed by atoms with Crippen LogP contribution in [0.5, 0.6) is 0 Å². The Morgan fingerprint density at radius 3 is 2.63 bits per heavy atom. The molecule has 2 aliphatic heterocycles. The van der Waals surface area contributed by atoms with Gasteiger partial charge in [-0.2, -0.15) is 0 Å². The van der Waals surface area contributed by atoms with Crippen LogP contribution in [-0.4, -0.2) is 58.9 Å². The number of benzene rings is 2. The van der Waals surface area contributed by atoms with Crippen LogP contribution in [0.25, 0.3) is 11.0 Å². The predicted molar refractivity (Wildman–Crippen MR) is 114 cm³/mol. The Balaban J connectivity index is 1.13. The summed E-state index contributed by atoms with van der Waals surface area (Å²) < 4.78 is 18.7. The van der Waals surface area contributed by atoms with E-state index in [9.17, 15) is 9.50 Å². The summed E-state index contributed by atoms with van der Waals surface area (Å²) in [5.74, 6) is 0.0231. The Bertz CT molecular complexity index is 1010. The monoisotopic (exact) mass is 409 g/mol. The van der Waals surface area contributed by atoms with Crippen LogP contribution in [0.2, 0.25) is 0 Å². The smallest absolute Gasteiger partial charge is 0.170 e. The number of likely N-dealkylation sites (tertiary alicyclic amines) is 1. The Morgan fingerprint density at radius 1 is 1.03 bits per heavy atom. The van der Waals surface area contributed by atoms with Gasteiger partial charge in [-0.25, -0.2) is 4.39 Å². The molecule has 5 rings (SSSR count). The second-order valence-corrected chi connectivity index (χ2v) is 8.69. The van der Waals surface area contributed by atoms with Gasteiger partial charge in [-0.3, -0.25) is 4.90 Å². The van der Waals surface area contributed by atoms with Gasteiger partial charge in [0.15, 0.2) is 5.58 Å². The molecular weight excluding hydrogens is 381 g/mol. The molecule has 1 atom stereocenters. The molecule has 0 radical (unpaired) electrons. The van der Waals surface area contributed by atoms with Crippen molar-refractivity contribution in [1.29, 1.82) is 0 Å². The van der Waals surface area contributed by atoms with Crippen molar-refractivity contribution in [2.24, 2.45) is 0 Å². The van der Waals surface area contributed by atoms with Crippen molar-refractivity contribution in [1.82, 2.24) is 15.0 Å². The molecular formula is C24H28FN3O2. The molecule has 0 bridgehead atoms. The van der Waals surface area contributed by atoms with Gasteiger partial charge in [-0.05, 0) is 55.6 Å². The number of rotatable bonds is 5. The summed E-state index contributed by atoms with van der Waals surface area (Å²) in [6.07, 6.45) is 2.66. The zero-order valence-corrected chi connectivity index (χ0v) is 17.1. The molecule has 158 valence electrons. The van der Waals surface area contributed by atoms with Crippen LogP contribution in [0.1, 0.15) is 35.6 Å². The first-order chi connectivity index (χ1) is 14.7. The van der Waals surface area contributed by atoms with Crippen molar-refractivity contribution >= 4 is 11.0 Å². The normalized spacial score (nSPS) is 19.8. The molecule has 2 aliphatic rings. The van der Waals surface area contributed by atoms with Gasteiger partial charge in [0.05, 0.1) is 11.8 Å². The zero-order chi connectivity index (χ0) is 20.5. The minimum Gasteiger partial charge on any atom is -0.390 e. The lowest BCUT2D eigenvalue weighted by molar-refractivity contribution is 0.0604. The number of β-amino-alcohol motifs (C(OH)–C–C–N with tert-alkyl or cyclic N) is 1. The molecule has 0 saturated carbocycles. The van der Waals surface area contributed by atoms with Crippen LogP contribution in [0, 0.1) is 5.82 Å². The molecule has 3 aromatic rings. The number of piperidine rings is 1. The molecule has 0 aliphatic carbocycles. The van der Waals surface area contributed by atoms with Crippen molar-refractivity contribution in [3.8, 4) is 0 Å². The maximum atomic E-state index is 13.4. The van der Waals surface area contributed by atoms with Gasteiger partial charge in [-0.15, -0.1) is 0 Å². The summed E-state index contributed by atoms with van der Waals surface area (Å²) in [5, 5.41) is 15.8. The number of halogens is 1. The van der Waals surface area contributed by atoms with Crippen molar-refractivity contribution in [3.63, 3.8) is 0 Å². The molecule has 0 spiro atoms. The summed E-state index contributed by atoms with van der Waals surface area (Å²) >= 11 is 0. The van der Waals surface area contributed by atoms with Gasteiger partial charge in [0.25, 0.3) is 0 Å². The minimum atomic E-state index is -0.345. The van der Waals surface area contributed by atoms with Gasteiger partial charge in [0, 0.05) is 43.5 Å². The Morgan fingerprint density at radius 2 is 1.80 bits per heavy atom. The first kappa shape index (κ1) is 19.7. The van der Waals surface area contributed by atoms with Crippen molar-refractivity contribution in [3.05, 3.63) is 65.1 Å². The molecule has 6 heteroatoms. The first-order valence-corrected chi connectivity index (χ1v) is 10.9. The van der Waals surface area contributed by atoms with Gasteiger partial charge >= 0.3 is 0 Å². The maximum Gasteiger partial charge on any atom is 0.170 e. The molecule has 30 heavy (non-hydrogen) atoms. The number of nitrogens with zero attached hydrogens (tertiary/aromatic N) is 3. The number of fused-ring (bicyclic) bond motifs is 2. The van der Waals surface area contributed by atoms with Crippen LogP contribution in [0.4, 0.5) is 4.39 Å². The van der Waals surface area contributed by atoms with E-state index in [1.54, 1.807) is 6.07 Å². The number of hydrogen-bond donors (Lipinski definition) is 1. The maximum absolute atomic E-state index is 13.4. The predicted octanol–water partition coefficient (Wildman–Crippen LogP) is 3.57. The van der Waals surface area contributed by atoms with E-state index in [2.05, 4.69) is 39.2 Å². The molecule has 2 aromatic carbocycles. The fraction of sp³-hybridized carbons (Fsp3) is 0.458. The van der Waals surface area contributed by atoms with Gasteiger partial charge in [-0.1, -0.05) is 29.4 Å². The van der Waals surface area contributed by atoms with E-state index in [1.165, 1.54) is 23.3 Å². The number of hydrogen-bond acceptors (Lipinski definition) is 5. The lowest BCUT2D eigenvalue weighted by atomic mass is 9.91. The SMILES string of the molecule is OC(CN1CCC(c2noc3cc(F)ccc23)CC1)CN1CCc2ccccc2C1. The van der Waals surface area contributed by atoms with E-state index in [1.807, 2.05) is 0 Å². The fourth-order valence-corrected chi connectivity index (χ4v) is 4.98. The third-order valence-corrected chi connectivity index (χ3v) is 6.58. The molecule has 1 unspecified atom stereocenters. The number of aliphatic hydroxyl groups excluding tert-OH is 1. The van der Waals surface area contributed by atoms with Crippen molar-refractivity contribution < 1.29 is 14.0 Å². The van der Waals surface area contributed by atoms with E-state index < -0.39 is 0 Å². The number of aromatic nitrogens is 1. The molecule has 5 nitrogen and oxygen atoms in total. The summed E-state index contributed by atoms with van der Waals surface area (Å²) in [5.41, 5.74) is 4.29. The Labute approximate surface area is 176 Å². The topological polar surface area (TPSA) is 52.7 Å². The van der Waals surface area contributed by atoms with E-state index in [0.717, 1.165) is 56.5 Å². The zero-order valence-electron chi connectivity index (χ0n) is 17.1. The second-order valence-electron chi connectivity index (χ2n) is 8.69. The Kier molecular flexibility index (Phi) is 5.54. The van der Waals surface area contributed by atoms with Gasteiger partial charge < -0.3 is 14.5 Å². The highest BCUT2D eigenvalue weighted by atomic mass is 19.1. The van der Waals surface area contributed by atoms with E-state index in [-0.39, 0.29) is 11.9 Å². The largest absolute Gasteiger partial charge is 0.390 e. The number of aliphatic hydroxyl groups is 1. The van der Waals surface area contributed by atoms with Crippen LogP contribution in [-0.2, 0) is 13.0 Å². The Hall–Kier alpha value is -2.28. The quantitative estimate of drug-likeness (QED) is 0.698. The average molecular weight is 410 g/mol. The first-order valence-electron chi connectivity index (χ1n) is 10.9. The van der Waals surface area contributed by atoms with E-state index in [0.29, 0.717) is 24.6 Å². The lowest BCUT2D eigenvalue weighted by Crippen LogP contribution is -2.44. The standard InChI is InChI=1S/C24H28FN3O2/c25-20-5-6-22-23(13-20)30-26-24(22)18-8-10-27(11-9-18)15-21(29)16-28-12-7-17-3-1-2-4-19(17)14-28/h1-6,13,18,21,29H,7-12,14-16H2. The molecule has 1 saturated heterocycles. The average Bonchev–Trinajstić information content (AvgIpc) is 3.17. The fourth-order valence-electron chi connectivity index (χ4n) is 4.98. The molecule has 1 aromatic heterocycles. The highest BCUT2D eigenvalue weighted by Crippen LogP contribution is 2.32. The third-order valence-electron chi connectivity index (χ3n) is 6.58. The third kappa shape index (κ3) is 4.13. The van der Waals surface area contributed by atoms with E-state index in [4.69, 9.17) is 4.52 Å². The van der Waals surface area contributed by atoms with Crippen LogP contribution in [0.15, 0.2) is 47.0 Å². The highest BCUT2D eigenvalue weighted by Gasteiger charge is 2.27. The van der Waals surface area contributed by atoms with Gasteiger partial charge in [0.2, 0.25) is 0 Å². The molecule has 3 heterocycles. The molecule has 0 amide bonds. The molecule has 1 fully saturated rings. The summed E-state index contributed by atoms with van der Waals surface area (Å²) in [4.78, 5) is 4.71.